The molecule has 0 radical (unpaired) electrons. The number of aromatic nitrogens is 2. The smallest absolute Gasteiger partial charge is 0.297 e. The predicted molar refractivity (Wildman–Crippen MR) is 73.2 cm³/mol. The van der Waals surface area contributed by atoms with Crippen molar-refractivity contribution >= 4 is 27.5 Å². The second kappa shape index (κ2) is 5.88. The Balaban J connectivity index is 2.52. The zero-order chi connectivity index (χ0) is 14.9. The van der Waals surface area contributed by atoms with E-state index in [4.69, 9.17) is 16.3 Å². The first-order chi connectivity index (χ1) is 9.45. The second-order valence-corrected chi connectivity index (χ2v) is 5.04. The molecule has 0 atom stereocenters. The van der Waals surface area contributed by atoms with Crippen LogP contribution in [0, 0.1) is 11.6 Å². The Morgan fingerprint density at radius 2 is 2.15 bits per heavy atom. The summed E-state index contributed by atoms with van der Waals surface area (Å²) in [6, 6.07) is 2.35. The molecular weight excluding hydrogens is 357 g/mol. The Bertz CT molecular complexity index is 721. The van der Waals surface area contributed by atoms with Gasteiger partial charge in [-0.05, 0) is 28.1 Å². The van der Waals surface area contributed by atoms with Gasteiger partial charge in [-0.2, -0.15) is 0 Å². The summed E-state index contributed by atoms with van der Waals surface area (Å²) in [7, 11) is 1.26. The lowest BCUT2D eigenvalue weighted by molar-refractivity contribution is 0.400. The fraction of sp³-hybridized carbons (Fsp3) is 0.167. The Hall–Kier alpha value is -1.47. The van der Waals surface area contributed by atoms with Crippen LogP contribution < -0.4 is 10.3 Å². The molecule has 1 heterocycles. The highest BCUT2D eigenvalue weighted by Crippen LogP contribution is 2.22. The van der Waals surface area contributed by atoms with Gasteiger partial charge >= 0.3 is 0 Å². The van der Waals surface area contributed by atoms with E-state index < -0.39 is 17.2 Å². The molecule has 0 spiro atoms. The van der Waals surface area contributed by atoms with Crippen molar-refractivity contribution in [3.8, 4) is 5.75 Å². The topological polar surface area (TPSA) is 44.1 Å². The number of hydrogen-bond acceptors (Lipinski definition) is 3. The molecule has 0 aliphatic rings. The minimum absolute atomic E-state index is 0.107. The van der Waals surface area contributed by atoms with Gasteiger partial charge in [0, 0.05) is 5.56 Å². The molecule has 2 aromatic rings. The quantitative estimate of drug-likeness (QED) is 0.620. The van der Waals surface area contributed by atoms with Gasteiger partial charge in [-0.15, -0.1) is 0 Å². The molecule has 1 aromatic carbocycles. The van der Waals surface area contributed by atoms with Crippen LogP contribution in [0.5, 0.6) is 5.75 Å². The predicted octanol–water partition coefficient (Wildman–Crippen LogP) is 2.99. The standard InChI is InChI=1S/C12H8BrClF2N2O2/c1-20-10-11(14)17-5-18(12(10)19)4-6-8(15)3-2-7(13)9(6)16/h2-3,5H,4H2,1H3. The van der Waals surface area contributed by atoms with Gasteiger partial charge < -0.3 is 4.74 Å². The van der Waals surface area contributed by atoms with Crippen LogP contribution in [0.25, 0.3) is 0 Å². The van der Waals surface area contributed by atoms with E-state index in [1.54, 1.807) is 0 Å². The monoisotopic (exact) mass is 364 g/mol. The molecule has 106 valence electrons. The Kier molecular flexibility index (Phi) is 4.39. The van der Waals surface area contributed by atoms with Crippen LogP contribution in [0.4, 0.5) is 8.78 Å². The number of hydrogen-bond donors (Lipinski definition) is 0. The molecule has 0 N–H and O–H groups in total. The molecular formula is C12H8BrClF2N2O2. The summed E-state index contributed by atoms with van der Waals surface area (Å²) in [5, 5.41) is -0.107. The van der Waals surface area contributed by atoms with Crippen molar-refractivity contribution in [3.05, 3.63) is 55.6 Å². The largest absolute Gasteiger partial charge is 0.489 e. The highest BCUT2D eigenvalue weighted by Gasteiger charge is 2.16. The van der Waals surface area contributed by atoms with Crippen LogP contribution in [0.3, 0.4) is 0 Å². The fourth-order valence-corrected chi connectivity index (χ4v) is 2.19. The lowest BCUT2D eigenvalue weighted by atomic mass is 10.2. The van der Waals surface area contributed by atoms with E-state index >= 15 is 0 Å². The summed E-state index contributed by atoms with van der Waals surface area (Å²) in [6.07, 6.45) is 1.10. The molecule has 1 aromatic heterocycles. The van der Waals surface area contributed by atoms with Gasteiger partial charge in [0.15, 0.2) is 5.15 Å². The van der Waals surface area contributed by atoms with Crippen molar-refractivity contribution in [3.63, 3.8) is 0 Å². The van der Waals surface area contributed by atoms with Crippen molar-refractivity contribution in [2.24, 2.45) is 0 Å². The molecule has 4 nitrogen and oxygen atoms in total. The fourth-order valence-electron chi connectivity index (χ4n) is 1.62. The maximum atomic E-state index is 13.9. The highest BCUT2D eigenvalue weighted by atomic mass is 79.9. The number of halogens is 4. The molecule has 0 aliphatic carbocycles. The van der Waals surface area contributed by atoms with E-state index in [9.17, 15) is 13.6 Å². The van der Waals surface area contributed by atoms with Crippen molar-refractivity contribution in [2.75, 3.05) is 7.11 Å². The van der Waals surface area contributed by atoms with E-state index in [0.29, 0.717) is 0 Å². The molecule has 20 heavy (non-hydrogen) atoms. The average molecular weight is 366 g/mol. The van der Waals surface area contributed by atoms with E-state index in [1.165, 1.54) is 13.2 Å². The molecule has 2 rings (SSSR count). The highest BCUT2D eigenvalue weighted by molar-refractivity contribution is 9.10. The van der Waals surface area contributed by atoms with Crippen LogP contribution in [0.1, 0.15) is 5.56 Å². The summed E-state index contributed by atoms with van der Waals surface area (Å²) in [5.41, 5.74) is -0.876. The van der Waals surface area contributed by atoms with Crippen molar-refractivity contribution in [2.45, 2.75) is 6.54 Å². The SMILES string of the molecule is COc1c(Cl)ncn(Cc2c(F)ccc(Br)c2F)c1=O. The van der Waals surface area contributed by atoms with Gasteiger partial charge in [0.25, 0.3) is 5.56 Å². The molecule has 0 aliphatic heterocycles. The van der Waals surface area contributed by atoms with Gasteiger partial charge in [-0.1, -0.05) is 11.6 Å². The van der Waals surface area contributed by atoms with Crippen molar-refractivity contribution in [1.29, 1.82) is 0 Å². The number of ether oxygens (including phenoxy) is 1. The van der Waals surface area contributed by atoms with Crippen LogP contribution >= 0.6 is 27.5 Å². The van der Waals surface area contributed by atoms with E-state index in [0.717, 1.165) is 17.0 Å². The summed E-state index contributed by atoms with van der Waals surface area (Å²) < 4.78 is 33.5. The molecule has 0 bridgehead atoms. The lowest BCUT2D eigenvalue weighted by Crippen LogP contribution is -2.23. The van der Waals surface area contributed by atoms with E-state index in [2.05, 4.69) is 20.9 Å². The van der Waals surface area contributed by atoms with Gasteiger partial charge in [0.05, 0.1) is 24.5 Å². The summed E-state index contributed by atoms with van der Waals surface area (Å²) >= 11 is 8.65. The van der Waals surface area contributed by atoms with Gasteiger partial charge in [-0.25, -0.2) is 13.8 Å². The lowest BCUT2D eigenvalue weighted by Gasteiger charge is -2.10. The number of nitrogens with zero attached hydrogens (tertiary/aromatic N) is 2. The van der Waals surface area contributed by atoms with E-state index in [-0.39, 0.29) is 27.5 Å². The molecule has 8 heteroatoms. The summed E-state index contributed by atoms with van der Waals surface area (Å²) in [6.45, 7) is -0.323. The molecule has 0 saturated heterocycles. The van der Waals surface area contributed by atoms with Crippen molar-refractivity contribution < 1.29 is 13.5 Å². The normalized spacial score (nSPS) is 10.7. The molecule has 0 amide bonds. The third-order valence-corrected chi connectivity index (χ3v) is 3.51. The average Bonchev–Trinajstić information content (AvgIpc) is 2.42. The minimum atomic E-state index is -0.772. The van der Waals surface area contributed by atoms with Gasteiger partial charge in [0.2, 0.25) is 5.75 Å². The Labute approximate surface area is 126 Å². The zero-order valence-corrected chi connectivity index (χ0v) is 12.5. The molecule has 0 fully saturated rings. The Morgan fingerprint density at radius 1 is 1.45 bits per heavy atom. The molecule has 0 saturated carbocycles. The first kappa shape index (κ1) is 14.9. The molecule has 0 unspecified atom stereocenters. The van der Waals surface area contributed by atoms with Gasteiger partial charge in [-0.3, -0.25) is 9.36 Å². The maximum Gasteiger partial charge on any atom is 0.297 e. The third-order valence-electron chi connectivity index (χ3n) is 2.62. The second-order valence-electron chi connectivity index (χ2n) is 3.82. The maximum absolute atomic E-state index is 13.9. The van der Waals surface area contributed by atoms with Crippen LogP contribution in [0.2, 0.25) is 5.15 Å². The first-order valence-electron chi connectivity index (χ1n) is 5.37. The number of rotatable bonds is 3. The third kappa shape index (κ3) is 2.69. The minimum Gasteiger partial charge on any atom is -0.489 e. The van der Waals surface area contributed by atoms with Crippen molar-refractivity contribution in [1.82, 2.24) is 9.55 Å². The first-order valence-corrected chi connectivity index (χ1v) is 6.54. The van der Waals surface area contributed by atoms with Crippen LogP contribution in [-0.2, 0) is 6.54 Å². The van der Waals surface area contributed by atoms with Gasteiger partial charge in [0.1, 0.15) is 11.6 Å². The van der Waals surface area contributed by atoms with Crippen LogP contribution in [-0.4, -0.2) is 16.7 Å². The van der Waals surface area contributed by atoms with E-state index in [1.807, 2.05) is 0 Å². The number of benzene rings is 1. The Morgan fingerprint density at radius 3 is 2.80 bits per heavy atom. The zero-order valence-electron chi connectivity index (χ0n) is 10.2. The van der Waals surface area contributed by atoms with Crippen LogP contribution in [0.15, 0.2) is 27.7 Å². The summed E-state index contributed by atoms with van der Waals surface area (Å²) in [4.78, 5) is 15.7. The summed E-state index contributed by atoms with van der Waals surface area (Å²) in [5.74, 6) is -1.71. The number of methoxy groups -OCH3 is 1.